The lowest BCUT2D eigenvalue weighted by molar-refractivity contribution is -0.386. The maximum Gasteiger partial charge on any atom is 0.315 e. The standard InChI is InChI=1S/C19H17N3O5S/c1-3-27-15-9-12(8-14(17(15)23)22(25)26)10-16-18(24)21-19(28-16)20-13-6-4-11(2)5-7-13/h4-10,23H,3H2,1-2H3,(H,20,21,24)/b16-10-. The third-order valence-electron chi connectivity index (χ3n) is 3.79. The maximum absolute atomic E-state index is 12.2. The Balaban J connectivity index is 1.92. The molecule has 0 radical (unpaired) electrons. The Labute approximate surface area is 165 Å². The lowest BCUT2D eigenvalue weighted by Crippen LogP contribution is -2.19. The number of hydrogen-bond acceptors (Lipinski definition) is 7. The molecule has 9 heteroatoms. The third-order valence-corrected chi connectivity index (χ3v) is 4.70. The molecule has 8 nitrogen and oxygen atoms in total. The molecule has 28 heavy (non-hydrogen) atoms. The molecule has 3 rings (SSSR count). The van der Waals surface area contributed by atoms with Crippen LogP contribution in [0.15, 0.2) is 46.3 Å². The monoisotopic (exact) mass is 399 g/mol. The van der Waals surface area contributed by atoms with Crippen LogP contribution in [0.3, 0.4) is 0 Å². The molecule has 0 unspecified atom stereocenters. The van der Waals surface area contributed by atoms with Crippen molar-refractivity contribution < 1.29 is 19.6 Å². The fraction of sp³-hybridized carbons (Fsp3) is 0.158. The number of phenols is 1. The molecule has 0 aromatic heterocycles. The van der Waals surface area contributed by atoms with Gasteiger partial charge in [-0.1, -0.05) is 17.7 Å². The van der Waals surface area contributed by atoms with Gasteiger partial charge < -0.3 is 15.2 Å². The number of amidine groups is 1. The molecule has 1 heterocycles. The number of aryl methyl sites for hydroxylation is 1. The average molecular weight is 399 g/mol. The lowest BCUT2D eigenvalue weighted by atomic mass is 10.1. The van der Waals surface area contributed by atoms with Crippen molar-refractivity contribution in [3.05, 3.63) is 62.5 Å². The van der Waals surface area contributed by atoms with Crippen LogP contribution in [0, 0.1) is 17.0 Å². The summed E-state index contributed by atoms with van der Waals surface area (Å²) in [6.07, 6.45) is 1.49. The summed E-state index contributed by atoms with van der Waals surface area (Å²) in [4.78, 5) is 27.4. The van der Waals surface area contributed by atoms with Gasteiger partial charge in [0, 0.05) is 6.07 Å². The summed E-state index contributed by atoms with van der Waals surface area (Å²) >= 11 is 1.13. The van der Waals surface area contributed by atoms with Crippen molar-refractivity contribution in [3.63, 3.8) is 0 Å². The van der Waals surface area contributed by atoms with E-state index >= 15 is 0 Å². The van der Waals surface area contributed by atoms with Gasteiger partial charge in [0.05, 0.1) is 22.1 Å². The van der Waals surface area contributed by atoms with Crippen molar-refractivity contribution >= 4 is 40.3 Å². The lowest BCUT2D eigenvalue weighted by Gasteiger charge is -2.07. The van der Waals surface area contributed by atoms with Crippen molar-refractivity contribution in [2.75, 3.05) is 6.61 Å². The number of carbonyl (C=O) groups is 1. The largest absolute Gasteiger partial charge is 0.500 e. The number of phenolic OH excluding ortho intramolecular Hbond substituents is 1. The van der Waals surface area contributed by atoms with E-state index in [-0.39, 0.29) is 18.3 Å². The number of amides is 1. The average Bonchev–Trinajstić information content (AvgIpc) is 2.98. The minimum absolute atomic E-state index is 0.0134. The van der Waals surface area contributed by atoms with Crippen molar-refractivity contribution in [1.29, 1.82) is 0 Å². The van der Waals surface area contributed by atoms with Crippen LogP contribution in [0.4, 0.5) is 11.4 Å². The van der Waals surface area contributed by atoms with Crippen LogP contribution < -0.4 is 10.1 Å². The molecule has 2 aromatic carbocycles. The van der Waals surface area contributed by atoms with Gasteiger partial charge in [0.25, 0.3) is 5.91 Å². The van der Waals surface area contributed by atoms with Crippen molar-refractivity contribution in [2.24, 2.45) is 4.99 Å². The first kappa shape index (κ1) is 19.4. The van der Waals surface area contributed by atoms with Crippen molar-refractivity contribution in [1.82, 2.24) is 5.32 Å². The van der Waals surface area contributed by atoms with E-state index in [4.69, 9.17) is 4.74 Å². The highest BCUT2D eigenvalue weighted by Crippen LogP contribution is 2.38. The number of nitrogens with one attached hydrogen (secondary N) is 1. The molecule has 0 bridgehead atoms. The SMILES string of the molecule is CCOc1cc(/C=C2\SC(=Nc3ccc(C)cc3)NC2=O)cc([N+](=O)[O-])c1O. The highest BCUT2D eigenvalue weighted by Gasteiger charge is 2.25. The number of nitro benzene ring substituents is 1. The summed E-state index contributed by atoms with van der Waals surface area (Å²) in [6.45, 7) is 3.90. The molecular weight excluding hydrogens is 382 g/mol. The minimum Gasteiger partial charge on any atom is -0.500 e. The first-order chi connectivity index (χ1) is 13.4. The summed E-state index contributed by atoms with van der Waals surface area (Å²) in [5.41, 5.74) is 1.68. The Morgan fingerprint density at radius 1 is 1.32 bits per heavy atom. The number of ether oxygens (including phenoxy) is 1. The first-order valence-electron chi connectivity index (χ1n) is 8.38. The number of hydrogen-bond donors (Lipinski definition) is 2. The van der Waals surface area contributed by atoms with Gasteiger partial charge in [0.1, 0.15) is 0 Å². The van der Waals surface area contributed by atoms with Crippen LogP contribution in [0.25, 0.3) is 6.08 Å². The van der Waals surface area contributed by atoms with Crippen LogP contribution >= 0.6 is 11.8 Å². The number of carbonyl (C=O) groups excluding carboxylic acids is 1. The van der Waals surface area contributed by atoms with E-state index in [0.29, 0.717) is 21.3 Å². The van der Waals surface area contributed by atoms with Gasteiger partial charge >= 0.3 is 5.69 Å². The Kier molecular flexibility index (Phi) is 5.65. The molecule has 1 aliphatic heterocycles. The summed E-state index contributed by atoms with van der Waals surface area (Å²) in [5.74, 6) is -0.913. The number of rotatable bonds is 5. The molecule has 2 aromatic rings. The van der Waals surface area contributed by atoms with E-state index in [1.807, 2.05) is 31.2 Å². The van der Waals surface area contributed by atoms with Crippen LogP contribution in [0.2, 0.25) is 0 Å². The number of aliphatic imine (C=N–C) groups is 1. The molecule has 1 fully saturated rings. The quantitative estimate of drug-likeness (QED) is 0.448. The van der Waals surface area contributed by atoms with Crippen LogP contribution in [0.5, 0.6) is 11.5 Å². The Morgan fingerprint density at radius 2 is 2.04 bits per heavy atom. The number of aromatic hydroxyl groups is 1. The molecule has 0 aliphatic carbocycles. The second-order valence-electron chi connectivity index (χ2n) is 5.89. The molecule has 0 atom stereocenters. The fourth-order valence-electron chi connectivity index (χ4n) is 2.47. The molecule has 1 aliphatic rings. The molecular formula is C19H17N3O5S. The fourth-order valence-corrected chi connectivity index (χ4v) is 3.31. The predicted octanol–water partition coefficient (Wildman–Crippen LogP) is 3.90. The summed E-state index contributed by atoms with van der Waals surface area (Å²) < 4.78 is 5.25. The van der Waals surface area contributed by atoms with Crippen LogP contribution in [-0.4, -0.2) is 27.7 Å². The molecule has 0 saturated carbocycles. The molecule has 144 valence electrons. The second-order valence-corrected chi connectivity index (χ2v) is 6.92. The van der Waals surface area contributed by atoms with Crippen molar-refractivity contribution in [2.45, 2.75) is 13.8 Å². The van der Waals surface area contributed by atoms with Gasteiger partial charge in [-0.3, -0.25) is 14.9 Å². The zero-order valence-electron chi connectivity index (χ0n) is 15.1. The van der Waals surface area contributed by atoms with Gasteiger partial charge in [-0.2, -0.15) is 0 Å². The van der Waals surface area contributed by atoms with Crippen LogP contribution in [0.1, 0.15) is 18.1 Å². The smallest absolute Gasteiger partial charge is 0.315 e. The normalized spacial score (nSPS) is 16.4. The van der Waals surface area contributed by atoms with E-state index in [9.17, 15) is 20.0 Å². The predicted molar refractivity (Wildman–Crippen MR) is 108 cm³/mol. The van der Waals surface area contributed by atoms with E-state index in [2.05, 4.69) is 10.3 Å². The molecule has 1 saturated heterocycles. The number of nitro groups is 1. The summed E-state index contributed by atoms with van der Waals surface area (Å²) in [6, 6.07) is 10.2. The van der Waals surface area contributed by atoms with Crippen LogP contribution in [-0.2, 0) is 4.79 Å². The highest BCUT2D eigenvalue weighted by atomic mass is 32.2. The highest BCUT2D eigenvalue weighted by molar-refractivity contribution is 8.18. The van der Waals surface area contributed by atoms with Gasteiger partial charge in [0.2, 0.25) is 5.75 Å². The third kappa shape index (κ3) is 4.32. The van der Waals surface area contributed by atoms with Gasteiger partial charge in [0.15, 0.2) is 10.9 Å². The zero-order valence-corrected chi connectivity index (χ0v) is 15.9. The number of thioether (sulfide) groups is 1. The topological polar surface area (TPSA) is 114 Å². The Bertz CT molecular complexity index is 999. The molecule has 0 spiro atoms. The van der Waals surface area contributed by atoms with E-state index in [1.165, 1.54) is 18.2 Å². The minimum atomic E-state index is -0.702. The zero-order chi connectivity index (χ0) is 20.3. The van der Waals surface area contributed by atoms with E-state index < -0.39 is 16.4 Å². The summed E-state index contributed by atoms with van der Waals surface area (Å²) in [5, 5.41) is 24.2. The second kappa shape index (κ2) is 8.13. The summed E-state index contributed by atoms with van der Waals surface area (Å²) in [7, 11) is 0. The van der Waals surface area contributed by atoms with E-state index in [0.717, 1.165) is 17.3 Å². The van der Waals surface area contributed by atoms with Gasteiger partial charge in [-0.15, -0.1) is 0 Å². The Morgan fingerprint density at radius 3 is 2.68 bits per heavy atom. The van der Waals surface area contributed by atoms with Crippen molar-refractivity contribution in [3.8, 4) is 11.5 Å². The molecule has 2 N–H and O–H groups in total. The Hall–Kier alpha value is -3.33. The first-order valence-corrected chi connectivity index (χ1v) is 9.19. The van der Waals surface area contributed by atoms with Gasteiger partial charge in [-0.05, 0) is 55.4 Å². The number of nitrogens with zero attached hydrogens (tertiary/aromatic N) is 2. The number of benzene rings is 2. The van der Waals surface area contributed by atoms with E-state index in [1.54, 1.807) is 6.92 Å². The molecule has 1 amide bonds. The van der Waals surface area contributed by atoms with Gasteiger partial charge in [-0.25, -0.2) is 4.99 Å². The maximum atomic E-state index is 12.2.